The molecule has 0 saturated carbocycles. The van der Waals surface area contributed by atoms with E-state index in [9.17, 15) is 4.79 Å². The molecule has 1 aliphatic heterocycles. The molecule has 0 spiro atoms. The second kappa shape index (κ2) is 4.71. The number of methoxy groups -OCH3 is 1. The molecule has 0 atom stereocenters. The second-order valence-electron chi connectivity index (χ2n) is 3.65. The first-order chi connectivity index (χ1) is 7.29. The second-order valence-corrected chi connectivity index (χ2v) is 4.78. The van der Waals surface area contributed by atoms with Crippen LogP contribution in [-0.4, -0.2) is 18.8 Å². The van der Waals surface area contributed by atoms with Gasteiger partial charge in [-0.2, -0.15) is 0 Å². The SMILES string of the molecule is COC(=O)Cc1ccc2c(c1)CCCS2. The molecule has 2 nitrogen and oxygen atoms in total. The van der Waals surface area contributed by atoms with Crippen molar-refractivity contribution < 1.29 is 9.53 Å². The maximum Gasteiger partial charge on any atom is 0.309 e. The van der Waals surface area contributed by atoms with Crippen LogP contribution in [0.1, 0.15) is 17.5 Å². The molecule has 15 heavy (non-hydrogen) atoms. The third-order valence-corrected chi connectivity index (χ3v) is 3.75. The first-order valence-electron chi connectivity index (χ1n) is 5.11. The zero-order valence-electron chi connectivity index (χ0n) is 8.79. The minimum Gasteiger partial charge on any atom is -0.469 e. The lowest BCUT2D eigenvalue weighted by atomic mass is 10.0. The number of hydrogen-bond donors (Lipinski definition) is 0. The van der Waals surface area contributed by atoms with Crippen molar-refractivity contribution in [3.05, 3.63) is 29.3 Å². The van der Waals surface area contributed by atoms with Gasteiger partial charge in [0.1, 0.15) is 0 Å². The third kappa shape index (κ3) is 2.53. The van der Waals surface area contributed by atoms with E-state index in [4.69, 9.17) is 0 Å². The van der Waals surface area contributed by atoms with Crippen LogP contribution in [0.2, 0.25) is 0 Å². The number of carbonyl (C=O) groups is 1. The van der Waals surface area contributed by atoms with E-state index in [0.717, 1.165) is 12.0 Å². The maximum atomic E-state index is 11.1. The van der Waals surface area contributed by atoms with Gasteiger partial charge in [-0.15, -0.1) is 11.8 Å². The van der Waals surface area contributed by atoms with Gasteiger partial charge in [-0.05, 0) is 35.8 Å². The van der Waals surface area contributed by atoms with Crippen LogP contribution in [0.15, 0.2) is 23.1 Å². The molecule has 0 radical (unpaired) electrons. The summed E-state index contributed by atoms with van der Waals surface area (Å²) in [6, 6.07) is 6.28. The molecule has 3 heteroatoms. The molecule has 0 saturated heterocycles. The van der Waals surface area contributed by atoms with Crippen molar-refractivity contribution in [3.63, 3.8) is 0 Å². The number of fused-ring (bicyclic) bond motifs is 1. The van der Waals surface area contributed by atoms with E-state index in [1.54, 1.807) is 0 Å². The molecule has 0 fully saturated rings. The van der Waals surface area contributed by atoms with E-state index in [1.807, 2.05) is 17.8 Å². The number of esters is 1. The van der Waals surface area contributed by atoms with Crippen LogP contribution in [0.25, 0.3) is 0 Å². The zero-order valence-corrected chi connectivity index (χ0v) is 9.60. The Labute approximate surface area is 94.0 Å². The summed E-state index contributed by atoms with van der Waals surface area (Å²) < 4.78 is 4.65. The summed E-state index contributed by atoms with van der Waals surface area (Å²) in [5, 5.41) is 0. The summed E-state index contributed by atoms with van der Waals surface area (Å²) in [6.07, 6.45) is 2.76. The van der Waals surface area contributed by atoms with Crippen molar-refractivity contribution in [1.82, 2.24) is 0 Å². The Bertz CT molecular complexity index is 374. The third-order valence-electron chi connectivity index (χ3n) is 2.55. The predicted molar refractivity (Wildman–Crippen MR) is 61.2 cm³/mol. The molecule has 0 bridgehead atoms. The van der Waals surface area contributed by atoms with E-state index >= 15 is 0 Å². The Morgan fingerprint density at radius 3 is 3.20 bits per heavy atom. The van der Waals surface area contributed by atoms with Crippen LogP contribution in [0.3, 0.4) is 0 Å². The van der Waals surface area contributed by atoms with E-state index < -0.39 is 0 Å². The van der Waals surface area contributed by atoms with Gasteiger partial charge in [0.15, 0.2) is 0 Å². The molecule has 2 rings (SSSR count). The van der Waals surface area contributed by atoms with Crippen molar-refractivity contribution >= 4 is 17.7 Å². The molecule has 0 amide bonds. The van der Waals surface area contributed by atoms with Crippen LogP contribution in [0, 0.1) is 0 Å². The molecule has 1 aromatic rings. The van der Waals surface area contributed by atoms with Crippen LogP contribution in [-0.2, 0) is 22.4 Å². The summed E-state index contributed by atoms with van der Waals surface area (Å²) in [6.45, 7) is 0. The van der Waals surface area contributed by atoms with Gasteiger partial charge in [0.05, 0.1) is 13.5 Å². The lowest BCUT2D eigenvalue weighted by molar-refractivity contribution is -0.139. The summed E-state index contributed by atoms with van der Waals surface area (Å²) in [5.41, 5.74) is 2.44. The quantitative estimate of drug-likeness (QED) is 0.719. The molecule has 0 aromatic heterocycles. The number of ether oxygens (including phenoxy) is 1. The first kappa shape index (κ1) is 10.6. The predicted octanol–water partition coefficient (Wildman–Crippen LogP) is 2.44. The van der Waals surface area contributed by atoms with Gasteiger partial charge in [-0.1, -0.05) is 12.1 Å². The number of thioether (sulfide) groups is 1. The van der Waals surface area contributed by atoms with Gasteiger partial charge in [0.25, 0.3) is 0 Å². The lowest BCUT2D eigenvalue weighted by Gasteiger charge is -2.15. The first-order valence-corrected chi connectivity index (χ1v) is 6.09. The van der Waals surface area contributed by atoms with Gasteiger partial charge in [0.2, 0.25) is 0 Å². The molecular formula is C12H14O2S. The largest absolute Gasteiger partial charge is 0.469 e. The highest BCUT2D eigenvalue weighted by Crippen LogP contribution is 2.30. The summed E-state index contributed by atoms with van der Waals surface area (Å²) in [5.74, 6) is 1.04. The Kier molecular flexibility index (Phi) is 3.31. The van der Waals surface area contributed by atoms with E-state index in [1.165, 1.54) is 29.7 Å². The molecule has 0 unspecified atom stereocenters. The molecule has 1 aromatic carbocycles. The molecule has 1 heterocycles. The molecule has 80 valence electrons. The van der Waals surface area contributed by atoms with Gasteiger partial charge < -0.3 is 4.74 Å². The van der Waals surface area contributed by atoms with Gasteiger partial charge in [0, 0.05) is 4.90 Å². The van der Waals surface area contributed by atoms with E-state index in [-0.39, 0.29) is 5.97 Å². The molecule has 0 aliphatic carbocycles. The standard InChI is InChI=1S/C12H14O2S/c1-14-12(13)8-9-4-5-11-10(7-9)3-2-6-15-11/h4-5,7H,2-3,6,8H2,1H3. The minimum atomic E-state index is -0.168. The van der Waals surface area contributed by atoms with Crippen molar-refractivity contribution in [1.29, 1.82) is 0 Å². The van der Waals surface area contributed by atoms with Gasteiger partial charge >= 0.3 is 5.97 Å². The zero-order chi connectivity index (χ0) is 10.7. The number of carbonyl (C=O) groups excluding carboxylic acids is 1. The van der Waals surface area contributed by atoms with Gasteiger partial charge in [-0.25, -0.2) is 0 Å². The monoisotopic (exact) mass is 222 g/mol. The average molecular weight is 222 g/mol. The fourth-order valence-electron chi connectivity index (χ4n) is 1.76. The van der Waals surface area contributed by atoms with Crippen LogP contribution >= 0.6 is 11.8 Å². The smallest absolute Gasteiger partial charge is 0.309 e. The van der Waals surface area contributed by atoms with Crippen LogP contribution in [0.5, 0.6) is 0 Å². The number of aryl methyl sites for hydroxylation is 1. The van der Waals surface area contributed by atoms with E-state index in [2.05, 4.69) is 16.9 Å². The molecule has 0 N–H and O–H groups in total. The van der Waals surface area contributed by atoms with Crippen molar-refractivity contribution in [3.8, 4) is 0 Å². The Morgan fingerprint density at radius 2 is 2.40 bits per heavy atom. The van der Waals surface area contributed by atoms with Crippen LogP contribution < -0.4 is 0 Å². The van der Waals surface area contributed by atoms with Crippen LogP contribution in [0.4, 0.5) is 0 Å². The Balaban J connectivity index is 2.17. The van der Waals surface area contributed by atoms with Crippen molar-refractivity contribution in [2.24, 2.45) is 0 Å². The summed E-state index contributed by atoms with van der Waals surface area (Å²) in [7, 11) is 1.43. The Morgan fingerprint density at radius 1 is 1.53 bits per heavy atom. The Hall–Kier alpha value is -0.960. The fourth-order valence-corrected chi connectivity index (χ4v) is 2.78. The van der Waals surface area contributed by atoms with Gasteiger partial charge in [-0.3, -0.25) is 4.79 Å². The highest BCUT2D eigenvalue weighted by molar-refractivity contribution is 7.99. The highest BCUT2D eigenvalue weighted by Gasteiger charge is 2.11. The summed E-state index contributed by atoms with van der Waals surface area (Å²) >= 11 is 1.91. The fraction of sp³-hybridized carbons (Fsp3) is 0.417. The minimum absolute atomic E-state index is 0.168. The van der Waals surface area contributed by atoms with Crippen molar-refractivity contribution in [2.45, 2.75) is 24.2 Å². The highest BCUT2D eigenvalue weighted by atomic mass is 32.2. The maximum absolute atomic E-state index is 11.1. The number of benzene rings is 1. The normalized spacial score (nSPS) is 14.5. The lowest BCUT2D eigenvalue weighted by Crippen LogP contribution is -2.06. The average Bonchev–Trinajstić information content (AvgIpc) is 2.29. The van der Waals surface area contributed by atoms with Crippen molar-refractivity contribution in [2.75, 3.05) is 12.9 Å². The molecular weight excluding hydrogens is 208 g/mol. The molecule has 1 aliphatic rings. The topological polar surface area (TPSA) is 26.3 Å². The van der Waals surface area contributed by atoms with E-state index in [0.29, 0.717) is 6.42 Å². The number of rotatable bonds is 2. The summed E-state index contributed by atoms with van der Waals surface area (Å²) in [4.78, 5) is 12.5. The number of hydrogen-bond acceptors (Lipinski definition) is 3.